The van der Waals surface area contributed by atoms with Crippen molar-refractivity contribution in [1.29, 1.82) is 0 Å². The van der Waals surface area contributed by atoms with Crippen LogP contribution in [0.2, 0.25) is 0 Å². The van der Waals surface area contributed by atoms with Crippen LogP contribution in [0.1, 0.15) is 33.3 Å². The number of nitrogens with one attached hydrogen (secondary N) is 1. The van der Waals surface area contributed by atoms with Crippen LogP contribution in [0.3, 0.4) is 0 Å². The van der Waals surface area contributed by atoms with Crippen LogP contribution in [0.25, 0.3) is 0 Å². The molecule has 0 bridgehead atoms. The molecule has 0 aliphatic heterocycles. The van der Waals surface area contributed by atoms with Crippen LogP contribution in [-0.2, 0) is 6.54 Å². The van der Waals surface area contributed by atoms with E-state index in [2.05, 4.69) is 42.0 Å². The Morgan fingerprint density at radius 3 is 2.57 bits per heavy atom. The van der Waals surface area contributed by atoms with Gasteiger partial charge in [-0.3, -0.25) is 0 Å². The molecule has 21 heavy (non-hydrogen) atoms. The average molecular weight is 377 g/mol. The summed E-state index contributed by atoms with van der Waals surface area (Å²) in [4.78, 5) is 0. The minimum atomic E-state index is 0.0680. The molecule has 0 radical (unpaired) electrons. The molecule has 0 aromatic heterocycles. The molecule has 0 aliphatic rings. The van der Waals surface area contributed by atoms with E-state index in [1.807, 2.05) is 19.1 Å². The molecule has 0 fully saturated rings. The zero-order valence-electron chi connectivity index (χ0n) is 13.0. The smallest absolute Gasteiger partial charge is 0.175 e. The molecule has 0 atom stereocenters. The molecular weight excluding hydrogens is 354 g/mol. The van der Waals surface area contributed by atoms with Crippen LogP contribution >= 0.6 is 27.5 Å². The summed E-state index contributed by atoms with van der Waals surface area (Å²) in [6.07, 6.45) is 1.73. The molecule has 1 rings (SSSR count). The van der Waals surface area contributed by atoms with Crippen molar-refractivity contribution >= 4 is 27.5 Å². The minimum Gasteiger partial charge on any atom is -0.490 e. The second-order valence-electron chi connectivity index (χ2n) is 5.61. The summed E-state index contributed by atoms with van der Waals surface area (Å²) < 4.78 is 12.3. The molecule has 0 aliphatic carbocycles. The van der Waals surface area contributed by atoms with Gasteiger partial charge in [-0.2, -0.15) is 0 Å². The molecule has 3 nitrogen and oxygen atoms in total. The van der Waals surface area contributed by atoms with E-state index in [1.165, 1.54) is 5.54 Å². The molecule has 0 saturated carbocycles. The summed E-state index contributed by atoms with van der Waals surface area (Å²) in [5.41, 5.74) is 2.65. The van der Waals surface area contributed by atoms with Crippen LogP contribution in [0.5, 0.6) is 11.5 Å². The topological polar surface area (TPSA) is 30.5 Å². The maximum absolute atomic E-state index is 5.70. The van der Waals surface area contributed by atoms with Crippen LogP contribution < -0.4 is 14.8 Å². The molecule has 1 N–H and O–H groups in total. The summed E-state index contributed by atoms with van der Waals surface area (Å²) in [6, 6.07) is 4.05. The maximum atomic E-state index is 5.70. The van der Waals surface area contributed by atoms with Gasteiger partial charge in [0.2, 0.25) is 0 Å². The molecular formula is C16H23BrClNO2. The average Bonchev–Trinajstić information content (AvgIpc) is 2.39. The number of benzene rings is 1. The van der Waals surface area contributed by atoms with Crippen LogP contribution in [0.15, 0.2) is 28.2 Å². The van der Waals surface area contributed by atoms with Crippen LogP contribution in [0.4, 0.5) is 0 Å². The van der Waals surface area contributed by atoms with E-state index in [1.54, 1.807) is 6.08 Å². The Labute approximate surface area is 140 Å². The van der Waals surface area contributed by atoms with Crippen molar-refractivity contribution in [3.8, 4) is 11.5 Å². The van der Waals surface area contributed by atoms with Gasteiger partial charge in [-0.05, 0) is 67.4 Å². The zero-order chi connectivity index (χ0) is 15.9. The second-order valence-corrected chi connectivity index (χ2v) is 6.72. The van der Waals surface area contributed by atoms with E-state index in [-0.39, 0.29) is 5.54 Å². The van der Waals surface area contributed by atoms with Crippen molar-refractivity contribution in [3.63, 3.8) is 0 Å². The second kappa shape index (κ2) is 8.66. The fraction of sp³-hybridized carbons (Fsp3) is 0.500. The van der Waals surface area contributed by atoms with Gasteiger partial charge in [-0.15, -0.1) is 0 Å². The predicted molar refractivity (Wildman–Crippen MR) is 92.4 cm³/mol. The van der Waals surface area contributed by atoms with Crippen LogP contribution in [-0.4, -0.2) is 18.8 Å². The number of hydrogen-bond donors (Lipinski definition) is 1. The summed E-state index contributed by atoms with van der Waals surface area (Å²) in [7, 11) is 0. The highest BCUT2D eigenvalue weighted by Gasteiger charge is 2.14. The highest BCUT2D eigenvalue weighted by molar-refractivity contribution is 9.10. The Morgan fingerprint density at radius 1 is 1.29 bits per heavy atom. The van der Waals surface area contributed by atoms with Crippen molar-refractivity contribution < 1.29 is 9.47 Å². The SMILES string of the molecule is CCOc1cc(CNC(C)(C)C)cc(Br)c1OCC=CCl. The fourth-order valence-corrected chi connectivity index (χ4v) is 2.34. The molecule has 0 spiro atoms. The van der Waals surface area contributed by atoms with Crippen molar-refractivity contribution in [2.75, 3.05) is 13.2 Å². The van der Waals surface area contributed by atoms with Gasteiger partial charge in [-0.1, -0.05) is 11.6 Å². The van der Waals surface area contributed by atoms with Gasteiger partial charge in [0.1, 0.15) is 6.61 Å². The number of ether oxygens (including phenoxy) is 2. The normalized spacial score (nSPS) is 11.9. The first-order valence-electron chi connectivity index (χ1n) is 6.95. The Kier molecular flexibility index (Phi) is 7.57. The Morgan fingerprint density at radius 2 is 2.00 bits per heavy atom. The maximum Gasteiger partial charge on any atom is 0.175 e. The lowest BCUT2D eigenvalue weighted by atomic mass is 10.1. The Bertz CT molecular complexity index is 484. The first kappa shape index (κ1) is 18.3. The van der Waals surface area contributed by atoms with Crippen molar-refractivity contribution in [3.05, 3.63) is 33.8 Å². The molecule has 1 aromatic carbocycles. The van der Waals surface area contributed by atoms with Gasteiger partial charge in [0, 0.05) is 17.6 Å². The van der Waals surface area contributed by atoms with Gasteiger partial charge < -0.3 is 14.8 Å². The van der Waals surface area contributed by atoms with Gasteiger partial charge in [0.05, 0.1) is 11.1 Å². The summed E-state index contributed by atoms with van der Waals surface area (Å²) in [6.45, 7) is 10.1. The van der Waals surface area contributed by atoms with Crippen molar-refractivity contribution in [1.82, 2.24) is 5.32 Å². The molecule has 1 aromatic rings. The van der Waals surface area contributed by atoms with Crippen LogP contribution in [0, 0.1) is 0 Å². The van der Waals surface area contributed by atoms with E-state index < -0.39 is 0 Å². The molecule has 0 amide bonds. The van der Waals surface area contributed by atoms with Gasteiger partial charge in [-0.25, -0.2) is 0 Å². The number of hydrogen-bond acceptors (Lipinski definition) is 3. The largest absolute Gasteiger partial charge is 0.490 e. The Balaban J connectivity index is 2.94. The predicted octanol–water partition coefficient (Wildman–Crippen LogP) is 4.87. The summed E-state index contributed by atoms with van der Waals surface area (Å²) >= 11 is 9.06. The van der Waals surface area contributed by atoms with E-state index in [4.69, 9.17) is 21.1 Å². The monoisotopic (exact) mass is 375 g/mol. The summed E-state index contributed by atoms with van der Waals surface area (Å²) in [5, 5.41) is 3.46. The lowest BCUT2D eigenvalue weighted by Crippen LogP contribution is -2.35. The third-order valence-electron chi connectivity index (χ3n) is 2.60. The number of rotatable bonds is 7. The molecule has 5 heteroatoms. The van der Waals surface area contributed by atoms with Crippen molar-refractivity contribution in [2.24, 2.45) is 0 Å². The first-order valence-corrected chi connectivity index (χ1v) is 8.18. The fourth-order valence-electron chi connectivity index (χ4n) is 1.66. The van der Waals surface area contributed by atoms with E-state index >= 15 is 0 Å². The van der Waals surface area contributed by atoms with E-state index in [9.17, 15) is 0 Å². The third kappa shape index (κ3) is 6.72. The lowest BCUT2D eigenvalue weighted by molar-refractivity contribution is 0.295. The molecule has 0 heterocycles. The van der Waals surface area contributed by atoms with Gasteiger partial charge in [0.15, 0.2) is 11.5 Å². The van der Waals surface area contributed by atoms with Gasteiger partial charge in [0.25, 0.3) is 0 Å². The van der Waals surface area contributed by atoms with E-state index in [0.29, 0.717) is 19.0 Å². The highest BCUT2D eigenvalue weighted by atomic mass is 79.9. The molecule has 118 valence electrons. The highest BCUT2D eigenvalue weighted by Crippen LogP contribution is 2.37. The molecule has 0 saturated heterocycles. The minimum absolute atomic E-state index is 0.0680. The number of halogens is 2. The third-order valence-corrected chi connectivity index (χ3v) is 3.37. The zero-order valence-corrected chi connectivity index (χ0v) is 15.3. The lowest BCUT2D eigenvalue weighted by Gasteiger charge is -2.21. The Hall–Kier alpha value is -0.710. The van der Waals surface area contributed by atoms with Gasteiger partial charge >= 0.3 is 0 Å². The quantitative estimate of drug-likeness (QED) is 0.736. The summed E-state index contributed by atoms with van der Waals surface area (Å²) in [5.74, 6) is 1.44. The van der Waals surface area contributed by atoms with E-state index in [0.717, 1.165) is 22.3 Å². The van der Waals surface area contributed by atoms with Crippen molar-refractivity contribution in [2.45, 2.75) is 39.8 Å². The first-order chi connectivity index (χ1) is 9.87. The molecule has 0 unspecified atom stereocenters. The standard InChI is InChI=1S/C16H23BrClNO2/c1-5-20-14-10-12(11-19-16(2,3)4)9-13(17)15(14)21-8-6-7-18/h6-7,9-10,19H,5,8,11H2,1-4H3.